The number of guanidine groups is 1. The molecule has 25 heavy (non-hydrogen) atoms. The molecule has 2 aromatic carbocycles. The number of nitrogens with zero attached hydrogens (tertiary/aromatic N) is 1. The van der Waals surface area contributed by atoms with Crippen molar-refractivity contribution in [3.63, 3.8) is 0 Å². The van der Waals surface area contributed by atoms with Crippen LogP contribution >= 0.6 is 0 Å². The number of hydrogen-bond donors (Lipinski definition) is 2. The lowest BCUT2D eigenvalue weighted by Gasteiger charge is -2.18. The number of nitrogens with one attached hydrogen (secondary N) is 2. The van der Waals surface area contributed by atoms with Crippen LogP contribution in [0.3, 0.4) is 0 Å². The molecule has 1 fully saturated rings. The summed E-state index contributed by atoms with van der Waals surface area (Å²) >= 11 is 0. The Hall–Kier alpha value is -2.75. The zero-order valence-electron chi connectivity index (χ0n) is 14.4. The summed E-state index contributed by atoms with van der Waals surface area (Å²) in [6.07, 6.45) is 2.43. The largest absolute Gasteiger partial charge is 0.459 e. The van der Waals surface area contributed by atoms with Crippen LogP contribution in [0.1, 0.15) is 37.1 Å². The molecule has 0 radical (unpaired) electrons. The molecule has 0 saturated heterocycles. The van der Waals surface area contributed by atoms with Gasteiger partial charge in [0.25, 0.3) is 0 Å². The van der Waals surface area contributed by atoms with Gasteiger partial charge in [-0.05, 0) is 37.5 Å². The predicted octanol–water partition coefficient (Wildman–Crippen LogP) is 4.39. The predicted molar refractivity (Wildman–Crippen MR) is 102 cm³/mol. The Labute approximate surface area is 148 Å². The molecule has 1 aliphatic rings. The molecule has 0 aliphatic heterocycles. The lowest BCUT2D eigenvalue weighted by molar-refractivity contribution is 0.550. The first-order chi connectivity index (χ1) is 12.3. The van der Waals surface area contributed by atoms with Crippen molar-refractivity contribution >= 4 is 16.9 Å². The van der Waals surface area contributed by atoms with Gasteiger partial charge in [0.15, 0.2) is 5.96 Å². The summed E-state index contributed by atoms with van der Waals surface area (Å²) in [5.74, 6) is 1.73. The van der Waals surface area contributed by atoms with Gasteiger partial charge in [0, 0.05) is 11.4 Å². The molecular weight excluding hydrogens is 310 g/mol. The number of furan rings is 1. The van der Waals surface area contributed by atoms with Gasteiger partial charge >= 0.3 is 0 Å². The van der Waals surface area contributed by atoms with Gasteiger partial charge in [0.2, 0.25) is 0 Å². The molecule has 0 bridgehead atoms. The quantitative estimate of drug-likeness (QED) is 0.538. The van der Waals surface area contributed by atoms with E-state index >= 15 is 0 Å². The van der Waals surface area contributed by atoms with Crippen LogP contribution < -0.4 is 10.6 Å². The Bertz CT molecular complexity index is 832. The van der Waals surface area contributed by atoms with Gasteiger partial charge in [-0.15, -0.1) is 0 Å². The van der Waals surface area contributed by atoms with Crippen LogP contribution in [0.5, 0.6) is 0 Å². The van der Waals surface area contributed by atoms with Crippen molar-refractivity contribution < 1.29 is 4.42 Å². The third-order valence-corrected chi connectivity index (χ3v) is 4.44. The van der Waals surface area contributed by atoms with E-state index in [4.69, 9.17) is 9.41 Å². The molecular formula is C21H23N3O. The highest BCUT2D eigenvalue weighted by atomic mass is 16.3. The molecule has 1 saturated carbocycles. The lowest BCUT2D eigenvalue weighted by atomic mass is 10.1. The molecule has 1 aliphatic carbocycles. The molecule has 2 N–H and O–H groups in total. The molecule has 128 valence electrons. The molecule has 0 unspecified atom stereocenters. The zero-order valence-corrected chi connectivity index (χ0v) is 14.4. The fourth-order valence-electron chi connectivity index (χ4n) is 2.86. The zero-order chi connectivity index (χ0) is 17.1. The summed E-state index contributed by atoms with van der Waals surface area (Å²) < 4.78 is 5.87. The van der Waals surface area contributed by atoms with E-state index in [1.165, 1.54) is 18.4 Å². The van der Waals surface area contributed by atoms with Gasteiger partial charge in [-0.25, -0.2) is 4.99 Å². The van der Waals surface area contributed by atoms with E-state index in [1.807, 2.05) is 24.3 Å². The van der Waals surface area contributed by atoms with Crippen molar-refractivity contribution in [3.05, 3.63) is 72.0 Å². The van der Waals surface area contributed by atoms with Crippen molar-refractivity contribution in [2.75, 3.05) is 0 Å². The second-order valence-electron chi connectivity index (χ2n) is 6.61. The van der Waals surface area contributed by atoms with Crippen LogP contribution in [0.4, 0.5) is 0 Å². The summed E-state index contributed by atoms with van der Waals surface area (Å²) in [5, 5.41) is 8.12. The summed E-state index contributed by atoms with van der Waals surface area (Å²) in [5.41, 5.74) is 2.16. The second kappa shape index (κ2) is 7.01. The van der Waals surface area contributed by atoms with E-state index < -0.39 is 0 Å². The van der Waals surface area contributed by atoms with Crippen LogP contribution in [0.2, 0.25) is 0 Å². The minimum Gasteiger partial charge on any atom is -0.459 e. The summed E-state index contributed by atoms with van der Waals surface area (Å²) in [7, 11) is 0. The third-order valence-electron chi connectivity index (χ3n) is 4.44. The Kier molecular flexibility index (Phi) is 4.42. The first kappa shape index (κ1) is 15.8. The first-order valence-electron chi connectivity index (χ1n) is 8.88. The van der Waals surface area contributed by atoms with Gasteiger partial charge in [0.05, 0.1) is 6.04 Å². The smallest absolute Gasteiger partial charge is 0.192 e. The van der Waals surface area contributed by atoms with Crippen molar-refractivity contribution in [2.45, 2.75) is 38.4 Å². The van der Waals surface area contributed by atoms with Crippen LogP contribution in [0.15, 0.2) is 70.1 Å². The van der Waals surface area contributed by atoms with Crippen LogP contribution in [0, 0.1) is 0 Å². The van der Waals surface area contributed by atoms with Gasteiger partial charge in [-0.1, -0.05) is 48.5 Å². The van der Waals surface area contributed by atoms with Crippen LogP contribution in [0.25, 0.3) is 11.0 Å². The van der Waals surface area contributed by atoms with Gasteiger partial charge < -0.3 is 15.1 Å². The number of rotatable bonds is 5. The topological polar surface area (TPSA) is 49.6 Å². The Morgan fingerprint density at radius 2 is 1.88 bits per heavy atom. The summed E-state index contributed by atoms with van der Waals surface area (Å²) in [6.45, 7) is 2.68. The highest BCUT2D eigenvalue weighted by Gasteiger charge is 2.23. The summed E-state index contributed by atoms with van der Waals surface area (Å²) in [4.78, 5) is 4.74. The molecule has 3 aromatic rings. The number of benzene rings is 2. The summed E-state index contributed by atoms with van der Waals surface area (Å²) in [6, 6.07) is 21.3. The Morgan fingerprint density at radius 3 is 2.64 bits per heavy atom. The van der Waals surface area contributed by atoms with E-state index in [-0.39, 0.29) is 6.04 Å². The fraction of sp³-hybridized carbons (Fsp3) is 0.286. The van der Waals surface area contributed by atoms with Crippen LogP contribution in [-0.2, 0) is 6.54 Å². The Balaban J connectivity index is 1.48. The van der Waals surface area contributed by atoms with Crippen molar-refractivity contribution in [2.24, 2.45) is 4.99 Å². The molecule has 4 nitrogen and oxygen atoms in total. The molecule has 1 atom stereocenters. The monoisotopic (exact) mass is 333 g/mol. The molecule has 0 spiro atoms. The maximum Gasteiger partial charge on any atom is 0.192 e. The minimum atomic E-state index is 0.196. The fourth-order valence-corrected chi connectivity index (χ4v) is 2.86. The maximum absolute atomic E-state index is 5.87. The number of para-hydroxylation sites is 1. The van der Waals surface area contributed by atoms with Crippen molar-refractivity contribution in [3.8, 4) is 0 Å². The van der Waals surface area contributed by atoms with E-state index in [2.05, 4.69) is 54.0 Å². The standard InChI is InChI=1S/C21H23N3O/c1-15(16-7-3-2-4-8-16)23-21(24-18-11-12-18)22-14-19-13-17-9-5-6-10-20(17)25-19/h2-10,13,15,18H,11-12,14H2,1H3,(H2,22,23,24)/t15-/m1/s1. The molecule has 4 rings (SSSR count). The second-order valence-corrected chi connectivity index (χ2v) is 6.61. The minimum absolute atomic E-state index is 0.196. The van der Waals surface area contributed by atoms with E-state index in [0.29, 0.717) is 12.6 Å². The number of fused-ring (bicyclic) bond motifs is 1. The van der Waals surface area contributed by atoms with E-state index in [1.54, 1.807) is 0 Å². The van der Waals surface area contributed by atoms with Crippen LogP contribution in [-0.4, -0.2) is 12.0 Å². The van der Waals surface area contributed by atoms with Crippen molar-refractivity contribution in [1.82, 2.24) is 10.6 Å². The molecule has 4 heteroatoms. The highest BCUT2D eigenvalue weighted by molar-refractivity contribution is 5.81. The maximum atomic E-state index is 5.87. The van der Waals surface area contributed by atoms with E-state index in [0.717, 1.165) is 22.7 Å². The third kappa shape index (κ3) is 4.02. The molecule has 1 heterocycles. The normalized spacial score (nSPS) is 16.0. The average molecular weight is 333 g/mol. The number of aliphatic imine (C=N–C) groups is 1. The van der Waals surface area contributed by atoms with Crippen molar-refractivity contribution in [1.29, 1.82) is 0 Å². The Morgan fingerprint density at radius 1 is 1.12 bits per heavy atom. The first-order valence-corrected chi connectivity index (χ1v) is 8.88. The molecule has 1 aromatic heterocycles. The van der Waals surface area contributed by atoms with Gasteiger partial charge in [-0.3, -0.25) is 0 Å². The van der Waals surface area contributed by atoms with E-state index in [9.17, 15) is 0 Å². The SMILES string of the molecule is C[C@@H](NC(=NCc1cc2ccccc2o1)NC1CC1)c1ccccc1. The highest BCUT2D eigenvalue weighted by Crippen LogP contribution is 2.21. The average Bonchev–Trinajstić information content (AvgIpc) is 3.36. The lowest BCUT2D eigenvalue weighted by Crippen LogP contribution is -2.40. The number of hydrogen-bond acceptors (Lipinski definition) is 2. The molecule has 0 amide bonds. The van der Waals surface area contributed by atoms with Gasteiger partial charge in [-0.2, -0.15) is 0 Å². The van der Waals surface area contributed by atoms with Gasteiger partial charge in [0.1, 0.15) is 17.9 Å².